The highest BCUT2D eigenvalue weighted by Crippen LogP contribution is 2.40. The minimum Gasteiger partial charge on any atom is -0.493 e. The largest absolute Gasteiger partial charge is 0.493 e. The number of hydrogen-bond donors (Lipinski definition) is 0. The van der Waals surface area contributed by atoms with E-state index in [4.69, 9.17) is 18.9 Å². The van der Waals surface area contributed by atoms with Crippen molar-refractivity contribution >= 4 is 29.4 Å². The van der Waals surface area contributed by atoms with Gasteiger partial charge in [-0.1, -0.05) is 11.1 Å². The first kappa shape index (κ1) is 29.6. The lowest BCUT2D eigenvalue weighted by Crippen LogP contribution is -2.37. The summed E-state index contributed by atoms with van der Waals surface area (Å²) < 4.78 is 23.4. The molecule has 4 heterocycles. The van der Waals surface area contributed by atoms with E-state index in [2.05, 4.69) is 16.8 Å². The molecule has 4 aliphatic heterocycles. The number of aliphatic imine (C=N–C) groups is 1. The molecule has 10 heteroatoms. The third-order valence-electron chi connectivity index (χ3n) is 8.64. The molecule has 0 aliphatic carbocycles. The van der Waals surface area contributed by atoms with Gasteiger partial charge in [-0.2, -0.15) is 0 Å². The van der Waals surface area contributed by atoms with Gasteiger partial charge >= 0.3 is 0 Å². The van der Waals surface area contributed by atoms with Gasteiger partial charge in [0.05, 0.1) is 62.0 Å². The lowest BCUT2D eigenvalue weighted by atomic mass is 10.1. The van der Waals surface area contributed by atoms with Crippen molar-refractivity contribution < 1.29 is 28.5 Å². The van der Waals surface area contributed by atoms with Crippen molar-refractivity contribution in [2.75, 3.05) is 45.9 Å². The molecule has 0 aromatic heterocycles. The van der Waals surface area contributed by atoms with Crippen LogP contribution in [0.15, 0.2) is 52.8 Å². The van der Waals surface area contributed by atoms with Crippen LogP contribution in [0.25, 0.3) is 0 Å². The average molecular weight is 601 g/mol. The fraction of sp³-hybridized carbons (Fsp3) is 0.441. The van der Waals surface area contributed by atoms with Gasteiger partial charge in [0.2, 0.25) is 0 Å². The third kappa shape index (κ3) is 5.60. The zero-order chi connectivity index (χ0) is 31.0. The molecular weight excluding hydrogens is 560 g/mol. The number of nitrogens with zero attached hydrogens (tertiary/aromatic N) is 4. The van der Waals surface area contributed by atoms with Crippen LogP contribution in [0, 0.1) is 0 Å². The first-order chi connectivity index (χ1) is 21.3. The average Bonchev–Trinajstić information content (AvgIpc) is 3.53. The van der Waals surface area contributed by atoms with Gasteiger partial charge in [-0.25, -0.2) is 0 Å². The number of carbonyl (C=O) groups excluding carboxylic acids is 2. The summed E-state index contributed by atoms with van der Waals surface area (Å²) in [6.07, 6.45) is 9.91. The van der Waals surface area contributed by atoms with Crippen molar-refractivity contribution in [3.05, 3.63) is 58.9 Å². The van der Waals surface area contributed by atoms with E-state index in [0.717, 1.165) is 49.9 Å². The summed E-state index contributed by atoms with van der Waals surface area (Å²) in [6.45, 7) is 5.84. The summed E-state index contributed by atoms with van der Waals surface area (Å²) in [5, 5.41) is 0. The molecule has 10 nitrogen and oxygen atoms in total. The highest BCUT2D eigenvalue weighted by molar-refractivity contribution is 6.04. The molecule has 232 valence electrons. The van der Waals surface area contributed by atoms with Gasteiger partial charge in [-0.15, -0.1) is 0 Å². The molecule has 0 bridgehead atoms. The highest BCUT2D eigenvalue weighted by Gasteiger charge is 2.36. The van der Waals surface area contributed by atoms with Crippen LogP contribution >= 0.6 is 0 Å². The number of unbranched alkanes of at least 4 members (excludes halogenated alkanes) is 2. The normalized spacial score (nSPS) is 20.2. The molecule has 0 saturated carbocycles. The summed E-state index contributed by atoms with van der Waals surface area (Å²) >= 11 is 0. The summed E-state index contributed by atoms with van der Waals surface area (Å²) in [7, 11) is 5.19. The van der Waals surface area contributed by atoms with E-state index in [0.29, 0.717) is 53.0 Å². The number of likely N-dealkylation sites (N-methyl/N-ethyl adjacent to an activating group) is 1. The lowest BCUT2D eigenvalue weighted by Gasteiger charge is -2.24. The molecule has 2 aromatic carbocycles. The number of fused-ring (bicyclic) bond motifs is 4. The maximum atomic E-state index is 13.4. The molecule has 0 saturated heterocycles. The van der Waals surface area contributed by atoms with Gasteiger partial charge in [-0.3, -0.25) is 14.6 Å². The number of anilines is 1. The summed E-state index contributed by atoms with van der Waals surface area (Å²) in [5.41, 5.74) is 4.95. The Labute approximate surface area is 258 Å². The van der Waals surface area contributed by atoms with Crippen LogP contribution < -0.4 is 23.8 Å². The van der Waals surface area contributed by atoms with Crippen molar-refractivity contribution in [1.82, 2.24) is 9.80 Å². The Morgan fingerprint density at radius 2 is 1.39 bits per heavy atom. The maximum absolute atomic E-state index is 13.4. The molecular formula is C34H40N4O6. The first-order valence-electron chi connectivity index (χ1n) is 15.2. The monoisotopic (exact) mass is 600 g/mol. The second-order valence-corrected chi connectivity index (χ2v) is 12.0. The number of rotatable bonds is 10. The Bertz CT molecular complexity index is 1560. The second kappa shape index (κ2) is 12.3. The molecule has 0 fully saturated rings. The molecule has 6 rings (SSSR count). The standard InChI is InChI=1S/C34H40N4O6/c1-21-11-23-17-35-27-15-31(29(41-4)13-25(27)33(39)37(23)18-21)43-9-7-6-8-10-44-32-16-28-26(14-30(32)42-5)34(40)38-19-22(2)12-24(38)20-36(28)3/h13-19,23-24H,6-12,20H2,1-5H3. The van der Waals surface area contributed by atoms with Crippen LogP contribution in [0.1, 0.15) is 66.7 Å². The van der Waals surface area contributed by atoms with E-state index in [1.165, 1.54) is 5.57 Å². The predicted octanol–water partition coefficient (Wildman–Crippen LogP) is 5.73. The molecule has 4 aliphatic rings. The minimum absolute atomic E-state index is 0.00635. The van der Waals surface area contributed by atoms with Gasteiger partial charge in [-0.05, 0) is 58.1 Å². The van der Waals surface area contributed by atoms with Crippen LogP contribution in [-0.2, 0) is 0 Å². The number of methoxy groups -OCH3 is 2. The molecule has 44 heavy (non-hydrogen) atoms. The number of amides is 2. The SMILES string of the molecule is COc1cc2c(cc1OCCCCCOc1cc3c(cc1OC)C(=O)N1C=C(C)CC1CN3C)N=CC1CC(C)=CN1C2=O. The Hall–Kier alpha value is -4.47. The highest BCUT2D eigenvalue weighted by atomic mass is 16.5. The first-order valence-corrected chi connectivity index (χ1v) is 15.2. The molecule has 2 aromatic rings. The maximum Gasteiger partial charge on any atom is 0.260 e. The predicted molar refractivity (Wildman–Crippen MR) is 169 cm³/mol. The van der Waals surface area contributed by atoms with Crippen LogP contribution in [0.5, 0.6) is 23.0 Å². The summed E-state index contributed by atoms with van der Waals surface area (Å²) in [5.74, 6) is 2.18. The molecule has 2 amide bonds. The van der Waals surface area contributed by atoms with Crippen LogP contribution in [0.4, 0.5) is 11.4 Å². The van der Waals surface area contributed by atoms with Crippen molar-refractivity contribution in [3.8, 4) is 23.0 Å². The Morgan fingerprint density at radius 3 is 2.09 bits per heavy atom. The Balaban J connectivity index is 1.03. The fourth-order valence-corrected chi connectivity index (χ4v) is 6.40. The van der Waals surface area contributed by atoms with Gasteiger partial charge < -0.3 is 33.6 Å². The Morgan fingerprint density at radius 1 is 0.773 bits per heavy atom. The topological polar surface area (TPSA) is 93.1 Å². The quantitative estimate of drug-likeness (QED) is 0.322. The minimum atomic E-state index is -0.0823. The molecule has 0 N–H and O–H groups in total. The van der Waals surface area contributed by atoms with E-state index in [1.807, 2.05) is 43.6 Å². The smallest absolute Gasteiger partial charge is 0.260 e. The van der Waals surface area contributed by atoms with Crippen LogP contribution in [0.2, 0.25) is 0 Å². The van der Waals surface area contributed by atoms with E-state index in [-0.39, 0.29) is 23.9 Å². The van der Waals surface area contributed by atoms with Gasteiger partial charge in [0.15, 0.2) is 23.0 Å². The van der Waals surface area contributed by atoms with Crippen LogP contribution in [0.3, 0.4) is 0 Å². The molecule has 2 unspecified atom stereocenters. The zero-order valence-corrected chi connectivity index (χ0v) is 26.1. The number of benzene rings is 2. The van der Waals surface area contributed by atoms with E-state index < -0.39 is 0 Å². The van der Waals surface area contributed by atoms with Crippen LogP contribution in [-0.4, -0.2) is 80.9 Å². The fourth-order valence-electron chi connectivity index (χ4n) is 6.40. The Kier molecular flexibility index (Phi) is 8.25. The number of carbonyl (C=O) groups is 2. The van der Waals surface area contributed by atoms with Crippen molar-refractivity contribution in [2.24, 2.45) is 4.99 Å². The third-order valence-corrected chi connectivity index (χ3v) is 8.64. The molecule has 2 atom stereocenters. The molecule has 0 radical (unpaired) electrons. The number of ether oxygens (including phenoxy) is 4. The van der Waals surface area contributed by atoms with E-state index in [1.54, 1.807) is 37.3 Å². The lowest BCUT2D eigenvalue weighted by molar-refractivity contribution is 0.0792. The molecule has 0 spiro atoms. The van der Waals surface area contributed by atoms with Crippen molar-refractivity contribution in [1.29, 1.82) is 0 Å². The zero-order valence-electron chi connectivity index (χ0n) is 26.1. The van der Waals surface area contributed by atoms with Gasteiger partial charge in [0.1, 0.15) is 0 Å². The van der Waals surface area contributed by atoms with E-state index >= 15 is 0 Å². The second-order valence-electron chi connectivity index (χ2n) is 12.0. The summed E-state index contributed by atoms with van der Waals surface area (Å²) in [4.78, 5) is 36.9. The van der Waals surface area contributed by atoms with E-state index in [9.17, 15) is 9.59 Å². The number of hydrogen-bond acceptors (Lipinski definition) is 8. The van der Waals surface area contributed by atoms with Gasteiger partial charge in [0.25, 0.3) is 11.8 Å². The summed E-state index contributed by atoms with van der Waals surface area (Å²) in [6, 6.07) is 7.32. The van der Waals surface area contributed by atoms with Crippen molar-refractivity contribution in [2.45, 2.75) is 58.0 Å². The van der Waals surface area contributed by atoms with Crippen molar-refractivity contribution in [3.63, 3.8) is 0 Å². The van der Waals surface area contributed by atoms with Gasteiger partial charge in [0, 0.05) is 44.3 Å².